The van der Waals surface area contributed by atoms with Crippen LogP contribution in [0.5, 0.6) is 0 Å². The number of rotatable bonds is 2. The van der Waals surface area contributed by atoms with Crippen LogP contribution >= 0.6 is 0 Å². The molecule has 3 nitrogen and oxygen atoms in total. The van der Waals surface area contributed by atoms with Crippen molar-refractivity contribution in [2.45, 2.75) is 6.18 Å². The number of aromatic nitrogens is 2. The summed E-state index contributed by atoms with van der Waals surface area (Å²) >= 11 is 0. The van der Waals surface area contributed by atoms with Crippen LogP contribution in [0.25, 0.3) is 16.9 Å². The third-order valence-corrected chi connectivity index (χ3v) is 3.38. The second-order valence-corrected chi connectivity index (χ2v) is 4.84. The third kappa shape index (κ3) is 2.81. The molecule has 0 spiro atoms. The molecular formula is C17H10F3N3. The summed E-state index contributed by atoms with van der Waals surface area (Å²) in [4.78, 5) is 0. The first-order valence-electron chi connectivity index (χ1n) is 6.72. The molecule has 114 valence electrons. The number of hydrogen-bond donors (Lipinski definition) is 0. The van der Waals surface area contributed by atoms with Crippen LogP contribution in [0.4, 0.5) is 13.2 Å². The van der Waals surface area contributed by atoms with Gasteiger partial charge >= 0.3 is 6.18 Å². The van der Waals surface area contributed by atoms with E-state index in [-0.39, 0.29) is 0 Å². The Morgan fingerprint density at radius 3 is 2.17 bits per heavy atom. The highest BCUT2D eigenvalue weighted by molar-refractivity contribution is 5.69. The smallest absolute Gasteiger partial charge is 0.232 e. The molecular weight excluding hydrogens is 303 g/mol. The van der Waals surface area contributed by atoms with E-state index in [2.05, 4.69) is 5.10 Å². The van der Waals surface area contributed by atoms with Crippen LogP contribution < -0.4 is 0 Å². The molecule has 23 heavy (non-hydrogen) atoms. The van der Waals surface area contributed by atoms with Crippen LogP contribution in [-0.2, 0) is 6.18 Å². The number of para-hydroxylation sites is 1. The van der Waals surface area contributed by atoms with Crippen LogP contribution in [0.2, 0.25) is 0 Å². The van der Waals surface area contributed by atoms with Gasteiger partial charge in [0, 0.05) is 5.56 Å². The van der Waals surface area contributed by atoms with E-state index in [0.717, 1.165) is 17.8 Å². The molecule has 0 amide bonds. The Balaban J connectivity index is 2.13. The quantitative estimate of drug-likeness (QED) is 0.702. The molecule has 0 aliphatic rings. The molecule has 0 aliphatic heterocycles. The van der Waals surface area contributed by atoms with Gasteiger partial charge in [-0.15, -0.1) is 0 Å². The fourth-order valence-electron chi connectivity index (χ4n) is 2.29. The topological polar surface area (TPSA) is 41.6 Å². The molecule has 0 atom stereocenters. The van der Waals surface area contributed by atoms with Crippen molar-refractivity contribution in [1.29, 1.82) is 5.26 Å². The lowest BCUT2D eigenvalue weighted by molar-refractivity contribution is -0.137. The summed E-state index contributed by atoms with van der Waals surface area (Å²) in [5, 5.41) is 13.4. The molecule has 0 N–H and O–H groups in total. The van der Waals surface area contributed by atoms with Crippen LogP contribution in [0, 0.1) is 11.3 Å². The van der Waals surface area contributed by atoms with Gasteiger partial charge in [-0.1, -0.05) is 30.3 Å². The molecule has 0 aliphatic carbocycles. The van der Waals surface area contributed by atoms with Gasteiger partial charge in [-0.3, -0.25) is 0 Å². The first-order chi connectivity index (χ1) is 11.0. The average molecular weight is 313 g/mol. The second-order valence-electron chi connectivity index (χ2n) is 4.84. The van der Waals surface area contributed by atoms with Crippen molar-refractivity contribution in [2.75, 3.05) is 0 Å². The predicted octanol–water partition coefficient (Wildman–Crippen LogP) is 4.43. The van der Waals surface area contributed by atoms with Crippen molar-refractivity contribution in [2.24, 2.45) is 0 Å². The van der Waals surface area contributed by atoms with Crippen molar-refractivity contribution < 1.29 is 13.2 Å². The number of hydrogen-bond acceptors (Lipinski definition) is 2. The normalized spacial score (nSPS) is 11.2. The maximum absolute atomic E-state index is 12.7. The maximum atomic E-state index is 12.7. The Hall–Kier alpha value is -3.07. The van der Waals surface area contributed by atoms with Crippen molar-refractivity contribution in [3.63, 3.8) is 0 Å². The maximum Gasteiger partial charge on any atom is 0.416 e. The SMILES string of the molecule is N#Cc1cnn(-c2ccccc2)c1-c1ccc(C(F)(F)F)cc1. The fraction of sp³-hybridized carbons (Fsp3) is 0.0588. The van der Waals surface area contributed by atoms with E-state index in [4.69, 9.17) is 0 Å². The van der Waals surface area contributed by atoms with Crippen molar-refractivity contribution >= 4 is 0 Å². The summed E-state index contributed by atoms with van der Waals surface area (Å²) in [5.41, 5.74) is 1.26. The van der Waals surface area contributed by atoms with Crippen molar-refractivity contribution in [3.05, 3.63) is 71.9 Å². The zero-order chi connectivity index (χ0) is 16.4. The zero-order valence-corrected chi connectivity index (χ0v) is 11.7. The Bertz CT molecular complexity index is 857. The molecule has 0 bridgehead atoms. The summed E-state index contributed by atoms with van der Waals surface area (Å²) in [7, 11) is 0. The number of nitriles is 1. The van der Waals surface area contributed by atoms with E-state index in [1.165, 1.54) is 18.3 Å². The van der Waals surface area contributed by atoms with Gasteiger partial charge < -0.3 is 0 Å². The van der Waals surface area contributed by atoms with E-state index in [0.29, 0.717) is 16.8 Å². The van der Waals surface area contributed by atoms with Gasteiger partial charge in [0.1, 0.15) is 6.07 Å². The Kier molecular flexibility index (Phi) is 3.62. The highest BCUT2D eigenvalue weighted by atomic mass is 19.4. The summed E-state index contributed by atoms with van der Waals surface area (Å²) in [5.74, 6) is 0. The minimum atomic E-state index is -4.39. The lowest BCUT2D eigenvalue weighted by Gasteiger charge is -2.10. The van der Waals surface area contributed by atoms with E-state index >= 15 is 0 Å². The van der Waals surface area contributed by atoms with Gasteiger partial charge in [0.2, 0.25) is 0 Å². The van der Waals surface area contributed by atoms with E-state index in [9.17, 15) is 18.4 Å². The Morgan fingerprint density at radius 2 is 1.61 bits per heavy atom. The fourth-order valence-corrected chi connectivity index (χ4v) is 2.29. The molecule has 2 aromatic carbocycles. The standard InChI is InChI=1S/C17H10F3N3/c18-17(19,20)14-8-6-12(7-9-14)16-13(10-21)11-22-23(16)15-4-2-1-3-5-15/h1-9,11H. The summed E-state index contributed by atoms with van der Waals surface area (Å²) in [6.07, 6.45) is -2.99. The molecule has 1 heterocycles. The molecule has 0 saturated heterocycles. The van der Waals surface area contributed by atoms with E-state index in [1.54, 1.807) is 4.68 Å². The largest absolute Gasteiger partial charge is 0.416 e. The number of halogens is 3. The lowest BCUT2D eigenvalue weighted by Crippen LogP contribution is -2.04. The number of alkyl halides is 3. The van der Waals surface area contributed by atoms with Crippen LogP contribution in [0.15, 0.2) is 60.8 Å². The first kappa shape index (κ1) is 14.9. The second kappa shape index (κ2) is 5.61. The van der Waals surface area contributed by atoms with Crippen LogP contribution in [0.3, 0.4) is 0 Å². The molecule has 3 aromatic rings. The first-order valence-corrected chi connectivity index (χ1v) is 6.72. The van der Waals surface area contributed by atoms with Gasteiger partial charge in [0.05, 0.1) is 28.7 Å². The highest BCUT2D eigenvalue weighted by Gasteiger charge is 2.30. The Morgan fingerprint density at radius 1 is 0.957 bits per heavy atom. The molecule has 6 heteroatoms. The molecule has 0 unspecified atom stereocenters. The predicted molar refractivity (Wildman–Crippen MR) is 78.7 cm³/mol. The molecule has 0 saturated carbocycles. The highest BCUT2D eigenvalue weighted by Crippen LogP contribution is 2.32. The lowest BCUT2D eigenvalue weighted by atomic mass is 10.1. The van der Waals surface area contributed by atoms with Gasteiger partial charge in [0.25, 0.3) is 0 Å². The summed E-state index contributed by atoms with van der Waals surface area (Å²) in [6, 6.07) is 15.8. The van der Waals surface area contributed by atoms with Gasteiger partial charge in [-0.25, -0.2) is 4.68 Å². The van der Waals surface area contributed by atoms with Crippen molar-refractivity contribution in [3.8, 4) is 23.0 Å². The van der Waals surface area contributed by atoms with Gasteiger partial charge in [-0.05, 0) is 24.3 Å². The third-order valence-electron chi connectivity index (χ3n) is 3.38. The molecule has 1 aromatic heterocycles. The minimum absolute atomic E-state index is 0.300. The summed E-state index contributed by atoms with van der Waals surface area (Å²) in [6.45, 7) is 0. The monoisotopic (exact) mass is 313 g/mol. The average Bonchev–Trinajstić information content (AvgIpc) is 2.99. The van der Waals surface area contributed by atoms with Crippen LogP contribution in [0.1, 0.15) is 11.1 Å². The summed E-state index contributed by atoms with van der Waals surface area (Å²) < 4.78 is 39.6. The van der Waals surface area contributed by atoms with Crippen molar-refractivity contribution in [1.82, 2.24) is 9.78 Å². The molecule has 3 rings (SSSR count). The Labute approximate surface area is 130 Å². The van der Waals surface area contributed by atoms with Crippen LogP contribution in [-0.4, -0.2) is 9.78 Å². The minimum Gasteiger partial charge on any atom is -0.232 e. The van der Waals surface area contributed by atoms with E-state index in [1.807, 2.05) is 36.4 Å². The number of nitrogens with zero attached hydrogens (tertiary/aromatic N) is 3. The molecule has 0 radical (unpaired) electrons. The van der Waals surface area contributed by atoms with Gasteiger partial charge in [-0.2, -0.15) is 23.5 Å². The molecule has 0 fully saturated rings. The van der Waals surface area contributed by atoms with E-state index < -0.39 is 11.7 Å². The zero-order valence-electron chi connectivity index (χ0n) is 11.7. The number of benzene rings is 2. The van der Waals surface area contributed by atoms with Gasteiger partial charge in [0.15, 0.2) is 0 Å².